The van der Waals surface area contributed by atoms with Crippen LogP contribution in [-0.2, 0) is 11.3 Å². The van der Waals surface area contributed by atoms with Crippen molar-refractivity contribution in [1.82, 2.24) is 10.2 Å². The summed E-state index contributed by atoms with van der Waals surface area (Å²) >= 11 is 5.83. The van der Waals surface area contributed by atoms with Crippen molar-refractivity contribution in [2.24, 2.45) is 0 Å². The quantitative estimate of drug-likeness (QED) is 0.803. The highest BCUT2D eigenvalue weighted by atomic mass is 35.5. The molecule has 1 aromatic carbocycles. The third-order valence-corrected chi connectivity index (χ3v) is 3.06. The smallest absolute Gasteiger partial charge is 0.237 e. The number of likely N-dealkylation sites (N-methyl/N-ethyl adjacent to an activating group) is 1. The molecule has 3 nitrogen and oxygen atoms in total. The predicted octanol–water partition coefficient (Wildman–Crippen LogP) is 2.46. The number of halogens is 1. The van der Waals surface area contributed by atoms with Gasteiger partial charge in [-0.1, -0.05) is 29.8 Å². The average Bonchev–Trinajstić information content (AvgIpc) is 2.37. The maximum atomic E-state index is 11.8. The van der Waals surface area contributed by atoms with Crippen LogP contribution in [0.25, 0.3) is 0 Å². The molecule has 1 amide bonds. The Morgan fingerprint density at radius 3 is 2.67 bits per heavy atom. The van der Waals surface area contributed by atoms with E-state index in [4.69, 9.17) is 11.6 Å². The predicted molar refractivity (Wildman–Crippen MR) is 75.6 cm³/mol. The molecule has 1 N–H and O–H groups in total. The summed E-state index contributed by atoms with van der Waals surface area (Å²) in [6.07, 6.45) is 1.67. The fourth-order valence-electron chi connectivity index (χ4n) is 1.54. The van der Waals surface area contributed by atoms with Crippen molar-refractivity contribution in [2.45, 2.75) is 19.5 Å². The summed E-state index contributed by atoms with van der Waals surface area (Å²) in [5.41, 5.74) is 1.13. The first-order valence-corrected chi connectivity index (χ1v) is 6.25. The summed E-state index contributed by atoms with van der Waals surface area (Å²) in [5.74, 6) is 0.00589. The van der Waals surface area contributed by atoms with Crippen LogP contribution in [0.4, 0.5) is 0 Å². The highest BCUT2D eigenvalue weighted by molar-refractivity contribution is 6.30. The molecule has 0 heterocycles. The topological polar surface area (TPSA) is 32.3 Å². The van der Waals surface area contributed by atoms with Gasteiger partial charge in [0.2, 0.25) is 5.91 Å². The maximum absolute atomic E-state index is 11.8. The number of nitrogens with zero attached hydrogens (tertiary/aromatic N) is 1. The Hall–Kier alpha value is -1.32. The van der Waals surface area contributed by atoms with E-state index in [9.17, 15) is 4.79 Å². The summed E-state index contributed by atoms with van der Waals surface area (Å²) < 4.78 is 0. The molecule has 0 saturated heterocycles. The molecule has 0 aliphatic rings. The first kappa shape index (κ1) is 14.7. The van der Waals surface area contributed by atoms with Gasteiger partial charge in [-0.3, -0.25) is 9.69 Å². The molecule has 0 fully saturated rings. The fourth-order valence-corrected chi connectivity index (χ4v) is 1.66. The van der Waals surface area contributed by atoms with Gasteiger partial charge >= 0.3 is 0 Å². The molecule has 0 aliphatic heterocycles. The zero-order valence-corrected chi connectivity index (χ0v) is 11.6. The summed E-state index contributed by atoms with van der Waals surface area (Å²) in [6, 6.07) is 7.46. The Morgan fingerprint density at radius 2 is 2.11 bits per heavy atom. The van der Waals surface area contributed by atoms with Gasteiger partial charge in [-0.05, 0) is 31.7 Å². The molecule has 1 aromatic rings. The Labute approximate surface area is 113 Å². The third kappa shape index (κ3) is 4.51. The van der Waals surface area contributed by atoms with E-state index in [0.717, 1.165) is 10.6 Å². The number of amides is 1. The zero-order valence-electron chi connectivity index (χ0n) is 10.8. The van der Waals surface area contributed by atoms with Crippen LogP contribution in [0.1, 0.15) is 12.5 Å². The molecular weight excluding hydrogens is 248 g/mol. The van der Waals surface area contributed by atoms with E-state index in [1.807, 2.05) is 43.1 Å². The van der Waals surface area contributed by atoms with Gasteiger partial charge in [0.25, 0.3) is 0 Å². The van der Waals surface area contributed by atoms with Gasteiger partial charge in [0, 0.05) is 18.1 Å². The maximum Gasteiger partial charge on any atom is 0.237 e. The van der Waals surface area contributed by atoms with Crippen LogP contribution >= 0.6 is 11.6 Å². The fraction of sp³-hybridized carbons (Fsp3) is 0.357. The minimum absolute atomic E-state index is 0.00589. The number of hydrogen-bond donors (Lipinski definition) is 1. The van der Waals surface area contributed by atoms with E-state index in [2.05, 4.69) is 11.9 Å². The first-order chi connectivity index (χ1) is 8.54. The van der Waals surface area contributed by atoms with Crippen molar-refractivity contribution in [2.75, 3.05) is 13.6 Å². The second-order valence-electron chi connectivity index (χ2n) is 4.25. The highest BCUT2D eigenvalue weighted by Crippen LogP contribution is 2.12. The molecule has 0 radical (unpaired) electrons. The summed E-state index contributed by atoms with van der Waals surface area (Å²) in [6.45, 7) is 6.66. The summed E-state index contributed by atoms with van der Waals surface area (Å²) in [4.78, 5) is 13.8. The second kappa shape index (κ2) is 7.19. The lowest BCUT2D eigenvalue weighted by atomic mass is 10.2. The standard InChI is InChI=1S/C14H19ClN2O/c1-4-9-16-14(18)11(2)17(3)10-12-5-7-13(15)8-6-12/h4-8,11H,1,9-10H2,2-3H3,(H,16,18)/t11-/m1/s1. The van der Waals surface area contributed by atoms with Gasteiger partial charge in [-0.2, -0.15) is 0 Å². The van der Waals surface area contributed by atoms with Crippen LogP contribution in [0.5, 0.6) is 0 Å². The Kier molecular flexibility index (Phi) is 5.89. The lowest BCUT2D eigenvalue weighted by Crippen LogP contribution is -2.42. The molecule has 0 unspecified atom stereocenters. The number of carbonyl (C=O) groups excluding carboxylic acids is 1. The molecule has 4 heteroatoms. The van der Waals surface area contributed by atoms with Crippen molar-refractivity contribution < 1.29 is 4.79 Å². The number of hydrogen-bond acceptors (Lipinski definition) is 2. The molecule has 98 valence electrons. The summed E-state index contributed by atoms with van der Waals surface area (Å²) in [5, 5.41) is 3.51. The highest BCUT2D eigenvalue weighted by Gasteiger charge is 2.17. The van der Waals surface area contributed by atoms with E-state index in [-0.39, 0.29) is 11.9 Å². The van der Waals surface area contributed by atoms with Gasteiger partial charge in [0.1, 0.15) is 0 Å². The number of benzene rings is 1. The van der Waals surface area contributed by atoms with Gasteiger partial charge in [-0.25, -0.2) is 0 Å². The monoisotopic (exact) mass is 266 g/mol. The number of carbonyl (C=O) groups is 1. The minimum atomic E-state index is -0.180. The van der Waals surface area contributed by atoms with Crippen LogP contribution in [0.3, 0.4) is 0 Å². The lowest BCUT2D eigenvalue weighted by molar-refractivity contribution is -0.125. The molecule has 0 aliphatic carbocycles. The van der Waals surface area contributed by atoms with E-state index < -0.39 is 0 Å². The van der Waals surface area contributed by atoms with Crippen LogP contribution in [0.2, 0.25) is 5.02 Å². The Bertz CT molecular complexity index is 403. The molecule has 0 bridgehead atoms. The van der Waals surface area contributed by atoms with Crippen molar-refractivity contribution >= 4 is 17.5 Å². The normalized spacial score (nSPS) is 12.2. The van der Waals surface area contributed by atoms with Gasteiger partial charge in [-0.15, -0.1) is 6.58 Å². The first-order valence-electron chi connectivity index (χ1n) is 5.88. The van der Waals surface area contributed by atoms with Crippen LogP contribution < -0.4 is 5.32 Å². The molecule has 0 saturated carbocycles. The second-order valence-corrected chi connectivity index (χ2v) is 4.69. The van der Waals surface area contributed by atoms with E-state index in [1.54, 1.807) is 6.08 Å². The molecule has 0 aromatic heterocycles. The van der Waals surface area contributed by atoms with E-state index in [0.29, 0.717) is 13.1 Å². The van der Waals surface area contributed by atoms with Crippen LogP contribution in [0.15, 0.2) is 36.9 Å². The lowest BCUT2D eigenvalue weighted by Gasteiger charge is -2.23. The van der Waals surface area contributed by atoms with Crippen molar-refractivity contribution in [3.63, 3.8) is 0 Å². The SMILES string of the molecule is C=CCNC(=O)[C@@H](C)N(C)Cc1ccc(Cl)cc1. The van der Waals surface area contributed by atoms with Crippen LogP contribution in [0, 0.1) is 0 Å². The molecular formula is C14H19ClN2O. The Morgan fingerprint density at radius 1 is 1.50 bits per heavy atom. The van der Waals surface area contributed by atoms with Gasteiger partial charge < -0.3 is 5.32 Å². The van der Waals surface area contributed by atoms with Crippen molar-refractivity contribution in [3.8, 4) is 0 Å². The van der Waals surface area contributed by atoms with Crippen LogP contribution in [-0.4, -0.2) is 30.4 Å². The van der Waals surface area contributed by atoms with Crippen molar-refractivity contribution in [3.05, 3.63) is 47.5 Å². The largest absolute Gasteiger partial charge is 0.351 e. The number of nitrogens with one attached hydrogen (secondary N) is 1. The third-order valence-electron chi connectivity index (χ3n) is 2.81. The summed E-state index contributed by atoms with van der Waals surface area (Å²) in [7, 11) is 1.92. The molecule has 18 heavy (non-hydrogen) atoms. The van der Waals surface area contributed by atoms with Gasteiger partial charge in [0.15, 0.2) is 0 Å². The number of rotatable bonds is 6. The molecule has 1 atom stereocenters. The van der Waals surface area contributed by atoms with Crippen molar-refractivity contribution in [1.29, 1.82) is 0 Å². The zero-order chi connectivity index (χ0) is 13.5. The minimum Gasteiger partial charge on any atom is -0.351 e. The average molecular weight is 267 g/mol. The molecule has 0 spiro atoms. The van der Waals surface area contributed by atoms with E-state index in [1.165, 1.54) is 0 Å². The Balaban J connectivity index is 2.53. The van der Waals surface area contributed by atoms with Gasteiger partial charge in [0.05, 0.1) is 6.04 Å². The molecule has 1 rings (SSSR count). The van der Waals surface area contributed by atoms with E-state index >= 15 is 0 Å².